The summed E-state index contributed by atoms with van der Waals surface area (Å²) in [5, 5.41) is 8.33. The van der Waals surface area contributed by atoms with Crippen molar-refractivity contribution in [2.45, 2.75) is 52.5 Å². The fraction of sp³-hybridized carbons (Fsp3) is 0.769. The Labute approximate surface area is 108 Å². The number of hydrogen-bond donors (Lipinski definition) is 0. The Hall–Kier alpha value is -1.39. The molecular formula is C13H21N3O2. The molecule has 100 valence electrons. The van der Waals surface area contributed by atoms with Crippen LogP contribution >= 0.6 is 0 Å². The first kappa shape index (κ1) is 13.1. The zero-order valence-corrected chi connectivity index (χ0v) is 11.7. The molecule has 5 heteroatoms. The quantitative estimate of drug-likeness (QED) is 0.772. The van der Waals surface area contributed by atoms with Gasteiger partial charge in [0.15, 0.2) is 6.04 Å². The molecule has 0 bridgehead atoms. The fourth-order valence-corrected chi connectivity index (χ4v) is 2.09. The molecule has 1 atom stereocenters. The highest BCUT2D eigenvalue weighted by Crippen LogP contribution is 2.38. The molecule has 1 fully saturated rings. The Balaban J connectivity index is 2.33. The zero-order chi connectivity index (χ0) is 13.6. The summed E-state index contributed by atoms with van der Waals surface area (Å²) in [5.41, 5.74) is 0.657. The van der Waals surface area contributed by atoms with Gasteiger partial charge in [0.1, 0.15) is 0 Å². The van der Waals surface area contributed by atoms with Crippen molar-refractivity contribution in [3.05, 3.63) is 11.9 Å². The summed E-state index contributed by atoms with van der Waals surface area (Å²) in [4.78, 5) is 11.8. The Kier molecular flexibility index (Phi) is 2.95. The average Bonchev–Trinajstić information content (AvgIpc) is 2.84. The minimum absolute atomic E-state index is 0.0229. The van der Waals surface area contributed by atoms with E-state index in [9.17, 15) is 4.79 Å². The summed E-state index contributed by atoms with van der Waals surface area (Å²) < 4.78 is 6.78. The molecule has 1 saturated heterocycles. The first-order chi connectivity index (χ1) is 8.28. The maximum atomic E-state index is 11.8. The maximum Gasteiger partial charge on any atom is 0.331 e. The highest BCUT2D eigenvalue weighted by Gasteiger charge is 2.46. The molecule has 1 aliphatic heterocycles. The number of ether oxygens (including phenoxy) is 1. The zero-order valence-electron chi connectivity index (χ0n) is 11.7. The predicted octanol–water partition coefficient (Wildman–Crippen LogP) is 2.09. The van der Waals surface area contributed by atoms with Crippen LogP contribution in [0, 0.1) is 5.41 Å². The highest BCUT2D eigenvalue weighted by molar-refractivity contribution is 5.77. The smallest absolute Gasteiger partial charge is 0.331 e. The van der Waals surface area contributed by atoms with Gasteiger partial charge in [-0.3, -0.25) is 0 Å². The van der Waals surface area contributed by atoms with Crippen LogP contribution in [0.3, 0.4) is 0 Å². The van der Waals surface area contributed by atoms with Crippen LogP contribution in [-0.4, -0.2) is 27.6 Å². The molecule has 1 aromatic heterocycles. The number of carbonyl (C=O) groups is 1. The van der Waals surface area contributed by atoms with E-state index in [2.05, 4.69) is 31.1 Å². The summed E-state index contributed by atoms with van der Waals surface area (Å²) >= 11 is 0. The lowest BCUT2D eigenvalue weighted by Gasteiger charge is -2.22. The van der Waals surface area contributed by atoms with E-state index in [-0.39, 0.29) is 22.8 Å². The fourth-order valence-electron chi connectivity index (χ4n) is 2.09. The van der Waals surface area contributed by atoms with Gasteiger partial charge in [0.25, 0.3) is 0 Å². The second-order valence-electron chi connectivity index (χ2n) is 6.32. The lowest BCUT2D eigenvalue weighted by atomic mass is 9.86. The molecule has 1 unspecified atom stereocenters. The largest absolute Gasteiger partial charge is 0.463 e. The van der Waals surface area contributed by atoms with Crippen molar-refractivity contribution in [2.75, 3.05) is 6.61 Å². The van der Waals surface area contributed by atoms with Crippen LogP contribution in [0.5, 0.6) is 0 Å². The number of cyclic esters (lactones) is 1. The molecule has 2 heterocycles. The van der Waals surface area contributed by atoms with Gasteiger partial charge in [-0.15, -0.1) is 5.10 Å². The Morgan fingerprint density at radius 1 is 1.56 bits per heavy atom. The van der Waals surface area contributed by atoms with Gasteiger partial charge in [-0.25, -0.2) is 9.48 Å². The Bertz CT molecular complexity index is 463. The van der Waals surface area contributed by atoms with Crippen LogP contribution in [0.4, 0.5) is 0 Å². The van der Waals surface area contributed by atoms with Crippen molar-refractivity contribution in [1.82, 2.24) is 15.0 Å². The summed E-state index contributed by atoms with van der Waals surface area (Å²) in [7, 11) is 0. The van der Waals surface area contributed by atoms with E-state index in [1.807, 2.05) is 20.0 Å². The van der Waals surface area contributed by atoms with E-state index in [1.54, 1.807) is 4.68 Å². The molecule has 0 amide bonds. The molecule has 0 spiro atoms. The van der Waals surface area contributed by atoms with Crippen LogP contribution < -0.4 is 0 Å². The van der Waals surface area contributed by atoms with Crippen molar-refractivity contribution in [2.24, 2.45) is 5.41 Å². The molecule has 0 N–H and O–H groups in total. The second-order valence-corrected chi connectivity index (χ2v) is 6.32. The van der Waals surface area contributed by atoms with Crippen LogP contribution in [0.15, 0.2) is 6.20 Å². The number of aromatic nitrogens is 3. The first-order valence-corrected chi connectivity index (χ1v) is 6.37. The summed E-state index contributed by atoms with van der Waals surface area (Å²) in [6.07, 6.45) is 2.85. The minimum Gasteiger partial charge on any atom is -0.463 e. The van der Waals surface area contributed by atoms with Crippen LogP contribution in [-0.2, 0) is 14.9 Å². The maximum absolute atomic E-state index is 11.8. The predicted molar refractivity (Wildman–Crippen MR) is 67.1 cm³/mol. The van der Waals surface area contributed by atoms with Gasteiger partial charge < -0.3 is 4.74 Å². The lowest BCUT2D eigenvalue weighted by molar-refractivity contribution is -0.141. The normalized spacial score (nSPS) is 23.2. The third-order valence-corrected chi connectivity index (χ3v) is 3.90. The Morgan fingerprint density at radius 2 is 2.22 bits per heavy atom. The lowest BCUT2D eigenvalue weighted by Crippen LogP contribution is -2.28. The van der Waals surface area contributed by atoms with E-state index in [1.165, 1.54) is 0 Å². The third kappa shape index (κ3) is 2.02. The third-order valence-electron chi connectivity index (χ3n) is 3.90. The molecule has 2 rings (SSSR count). The van der Waals surface area contributed by atoms with Gasteiger partial charge >= 0.3 is 5.97 Å². The van der Waals surface area contributed by atoms with Crippen molar-refractivity contribution in [1.29, 1.82) is 0 Å². The molecule has 0 aliphatic carbocycles. The van der Waals surface area contributed by atoms with Crippen molar-refractivity contribution >= 4 is 5.97 Å². The highest BCUT2D eigenvalue weighted by atomic mass is 16.5. The number of rotatable bonds is 3. The monoisotopic (exact) mass is 251 g/mol. The van der Waals surface area contributed by atoms with Crippen molar-refractivity contribution < 1.29 is 9.53 Å². The van der Waals surface area contributed by atoms with Crippen LogP contribution in [0.25, 0.3) is 0 Å². The topological polar surface area (TPSA) is 57.0 Å². The molecule has 0 aromatic carbocycles. The summed E-state index contributed by atoms with van der Waals surface area (Å²) in [6, 6.07) is -0.369. The molecule has 5 nitrogen and oxygen atoms in total. The summed E-state index contributed by atoms with van der Waals surface area (Å²) in [6.45, 7) is 10.8. The minimum atomic E-state index is -0.369. The number of carbonyl (C=O) groups excluding carboxylic acids is 1. The second kappa shape index (κ2) is 4.07. The number of nitrogens with zero attached hydrogens (tertiary/aromatic N) is 3. The van der Waals surface area contributed by atoms with Gasteiger partial charge in [-0.05, 0) is 6.42 Å². The molecule has 1 aliphatic rings. The first-order valence-electron chi connectivity index (χ1n) is 6.37. The van der Waals surface area contributed by atoms with Gasteiger partial charge in [-0.1, -0.05) is 39.8 Å². The van der Waals surface area contributed by atoms with Gasteiger partial charge in [-0.2, -0.15) is 0 Å². The van der Waals surface area contributed by atoms with E-state index in [4.69, 9.17) is 4.74 Å². The van der Waals surface area contributed by atoms with E-state index >= 15 is 0 Å². The Morgan fingerprint density at radius 3 is 2.72 bits per heavy atom. The van der Waals surface area contributed by atoms with Gasteiger partial charge in [0, 0.05) is 10.8 Å². The molecule has 18 heavy (non-hydrogen) atoms. The molecule has 0 radical (unpaired) electrons. The standard InChI is InChI=1S/C13H21N3O2/c1-6-12(2,3)9-7-16(15-14-9)10-11(17)18-8-13(10,4)5/h7,10H,6,8H2,1-5H3. The molecular weight excluding hydrogens is 230 g/mol. The molecule has 1 aromatic rings. The SMILES string of the molecule is CCC(C)(C)c1cn(C2C(=O)OCC2(C)C)nn1. The van der Waals surface area contributed by atoms with E-state index in [0.717, 1.165) is 12.1 Å². The van der Waals surface area contributed by atoms with Crippen LogP contribution in [0.1, 0.15) is 52.8 Å². The average molecular weight is 251 g/mol. The molecule has 0 saturated carbocycles. The number of esters is 1. The summed E-state index contributed by atoms with van der Waals surface area (Å²) in [5.74, 6) is -0.217. The van der Waals surface area contributed by atoms with Crippen LogP contribution in [0.2, 0.25) is 0 Å². The van der Waals surface area contributed by atoms with Gasteiger partial charge in [0.05, 0.1) is 18.5 Å². The number of hydrogen-bond acceptors (Lipinski definition) is 4. The van der Waals surface area contributed by atoms with E-state index in [0.29, 0.717) is 6.61 Å². The van der Waals surface area contributed by atoms with Crippen molar-refractivity contribution in [3.8, 4) is 0 Å². The van der Waals surface area contributed by atoms with Crippen molar-refractivity contribution in [3.63, 3.8) is 0 Å². The van der Waals surface area contributed by atoms with E-state index < -0.39 is 0 Å². The van der Waals surface area contributed by atoms with Gasteiger partial charge in [0.2, 0.25) is 0 Å².